The molecule has 8 nitrogen and oxygen atoms in total. The first-order valence-corrected chi connectivity index (χ1v) is 8.03. The number of nitrogens with zero attached hydrogens (tertiary/aromatic N) is 3. The number of carboxylic acid groups (broad SMARTS) is 1. The topological polar surface area (TPSA) is 107 Å². The number of carbonyl (C=O) groups is 3. The third-order valence-corrected chi connectivity index (χ3v) is 5.32. The number of carboxylic acids is 1. The second-order valence-electron chi connectivity index (χ2n) is 5.58. The van der Waals surface area contributed by atoms with E-state index in [-0.39, 0.29) is 5.70 Å². The molecule has 0 spiro atoms. The molecular formula is C14H15N4O4S-. The van der Waals surface area contributed by atoms with Crippen molar-refractivity contribution in [1.82, 2.24) is 20.0 Å². The summed E-state index contributed by atoms with van der Waals surface area (Å²) in [6.45, 7) is 3.37. The van der Waals surface area contributed by atoms with Crippen LogP contribution >= 0.6 is 11.8 Å². The minimum atomic E-state index is -1.37. The summed E-state index contributed by atoms with van der Waals surface area (Å²) in [5, 5.41) is 17.6. The third-order valence-electron chi connectivity index (χ3n) is 3.90. The zero-order valence-corrected chi connectivity index (χ0v) is 13.6. The van der Waals surface area contributed by atoms with Gasteiger partial charge in [-0.25, -0.2) is 0 Å². The number of hydrogen-bond donors (Lipinski definition) is 1. The van der Waals surface area contributed by atoms with Gasteiger partial charge in [0.2, 0.25) is 0 Å². The third kappa shape index (κ3) is 2.40. The van der Waals surface area contributed by atoms with E-state index in [1.807, 2.05) is 0 Å². The van der Waals surface area contributed by atoms with Gasteiger partial charge in [-0.05, 0) is 19.4 Å². The smallest absolute Gasteiger partial charge is 0.255 e. The molecule has 1 aromatic heterocycles. The Hall–Kier alpha value is -2.29. The zero-order chi connectivity index (χ0) is 16.9. The van der Waals surface area contributed by atoms with Crippen LogP contribution in [0.25, 0.3) is 0 Å². The summed E-state index contributed by atoms with van der Waals surface area (Å²) in [7, 11) is 1.71. The van der Waals surface area contributed by atoms with Crippen LogP contribution in [-0.4, -0.2) is 49.6 Å². The molecule has 9 heteroatoms. The highest BCUT2D eigenvalue weighted by atomic mass is 32.2. The summed E-state index contributed by atoms with van der Waals surface area (Å²) in [5.41, 5.74) is 1.47. The fraction of sp³-hybridized carbons (Fsp3) is 0.429. The van der Waals surface area contributed by atoms with Crippen molar-refractivity contribution >= 4 is 29.5 Å². The first-order chi connectivity index (χ1) is 10.8. The summed E-state index contributed by atoms with van der Waals surface area (Å²) in [6, 6.07) is -0.741. The van der Waals surface area contributed by atoms with Gasteiger partial charge in [-0.3, -0.25) is 19.2 Å². The molecule has 1 aromatic rings. The molecule has 0 aliphatic carbocycles. The van der Waals surface area contributed by atoms with E-state index in [0.29, 0.717) is 22.6 Å². The zero-order valence-electron chi connectivity index (χ0n) is 12.8. The Morgan fingerprint density at radius 3 is 2.70 bits per heavy atom. The SMILES string of the molecule is CC1=C(C(=O)[O-])N2C(=O)[C@H](NC(=O)c3cn(C)nc3C)[C@H]2SC1. The van der Waals surface area contributed by atoms with Gasteiger partial charge in [-0.2, -0.15) is 5.10 Å². The molecule has 1 fully saturated rings. The molecule has 0 radical (unpaired) electrons. The van der Waals surface area contributed by atoms with Gasteiger partial charge in [-0.1, -0.05) is 0 Å². The van der Waals surface area contributed by atoms with Crippen LogP contribution in [0.1, 0.15) is 23.0 Å². The van der Waals surface area contributed by atoms with Gasteiger partial charge in [-0.15, -0.1) is 11.8 Å². The van der Waals surface area contributed by atoms with Gasteiger partial charge in [0.1, 0.15) is 11.4 Å². The Labute approximate surface area is 136 Å². The van der Waals surface area contributed by atoms with E-state index in [1.54, 1.807) is 27.1 Å². The average molecular weight is 335 g/mol. The Morgan fingerprint density at radius 1 is 1.43 bits per heavy atom. The van der Waals surface area contributed by atoms with Crippen molar-refractivity contribution in [3.05, 3.63) is 28.7 Å². The predicted molar refractivity (Wildman–Crippen MR) is 80.0 cm³/mol. The molecule has 2 amide bonds. The lowest BCUT2D eigenvalue weighted by Crippen LogP contribution is -2.71. The van der Waals surface area contributed by atoms with Gasteiger partial charge < -0.3 is 15.2 Å². The normalized spacial score (nSPS) is 23.4. The fourth-order valence-corrected chi connectivity index (χ4v) is 4.10. The van der Waals surface area contributed by atoms with Crippen LogP contribution in [0.4, 0.5) is 0 Å². The van der Waals surface area contributed by atoms with Gasteiger partial charge in [0.15, 0.2) is 0 Å². The summed E-state index contributed by atoms with van der Waals surface area (Å²) in [4.78, 5) is 37.0. The second-order valence-corrected chi connectivity index (χ2v) is 6.68. The molecule has 2 atom stereocenters. The lowest BCUT2D eigenvalue weighted by atomic mass is 10.0. The van der Waals surface area contributed by atoms with Gasteiger partial charge in [0, 0.05) is 19.0 Å². The van der Waals surface area contributed by atoms with Gasteiger partial charge in [0.25, 0.3) is 11.8 Å². The van der Waals surface area contributed by atoms with E-state index in [2.05, 4.69) is 10.4 Å². The molecule has 23 heavy (non-hydrogen) atoms. The first kappa shape index (κ1) is 15.6. The lowest BCUT2D eigenvalue weighted by molar-refractivity contribution is -0.301. The van der Waals surface area contributed by atoms with Gasteiger partial charge >= 0.3 is 0 Å². The van der Waals surface area contributed by atoms with Crippen molar-refractivity contribution in [2.24, 2.45) is 7.05 Å². The number of carbonyl (C=O) groups excluding carboxylic acids is 3. The number of amides is 2. The van der Waals surface area contributed by atoms with E-state index in [4.69, 9.17) is 0 Å². The number of hydrogen-bond acceptors (Lipinski definition) is 6. The van der Waals surface area contributed by atoms with Crippen LogP contribution in [-0.2, 0) is 16.6 Å². The minimum absolute atomic E-state index is 0.0817. The molecular weight excluding hydrogens is 320 g/mol. The number of β-lactam (4-membered cyclic amide) rings is 1. The molecule has 0 unspecified atom stereocenters. The maximum absolute atomic E-state index is 12.3. The molecule has 1 N–H and O–H groups in total. The highest BCUT2D eigenvalue weighted by Crippen LogP contribution is 2.39. The van der Waals surface area contributed by atoms with Gasteiger partial charge in [0.05, 0.1) is 22.9 Å². The average Bonchev–Trinajstić information content (AvgIpc) is 2.82. The van der Waals surface area contributed by atoms with Crippen molar-refractivity contribution in [2.45, 2.75) is 25.3 Å². The Morgan fingerprint density at radius 2 is 2.13 bits per heavy atom. The number of aliphatic carboxylic acids is 1. The molecule has 3 heterocycles. The van der Waals surface area contributed by atoms with E-state index in [0.717, 1.165) is 0 Å². The predicted octanol–water partition coefficient (Wildman–Crippen LogP) is -1.23. The number of nitrogens with one attached hydrogen (secondary N) is 1. The largest absolute Gasteiger partial charge is 0.543 e. The number of rotatable bonds is 3. The van der Waals surface area contributed by atoms with Crippen LogP contribution in [0.3, 0.4) is 0 Å². The van der Waals surface area contributed by atoms with Crippen molar-refractivity contribution in [3.63, 3.8) is 0 Å². The highest BCUT2D eigenvalue weighted by molar-refractivity contribution is 8.00. The highest BCUT2D eigenvalue weighted by Gasteiger charge is 2.52. The summed E-state index contributed by atoms with van der Waals surface area (Å²) < 4.78 is 1.52. The van der Waals surface area contributed by atoms with Crippen molar-refractivity contribution in [1.29, 1.82) is 0 Å². The van der Waals surface area contributed by atoms with Crippen LogP contribution < -0.4 is 10.4 Å². The van der Waals surface area contributed by atoms with Crippen molar-refractivity contribution in [2.75, 3.05) is 5.75 Å². The van der Waals surface area contributed by atoms with Crippen LogP contribution in [0.5, 0.6) is 0 Å². The Bertz CT molecular complexity index is 754. The number of aryl methyl sites for hydroxylation is 2. The Kier molecular flexibility index (Phi) is 3.67. The van der Waals surface area contributed by atoms with E-state index >= 15 is 0 Å². The molecule has 2 aliphatic heterocycles. The lowest BCUT2D eigenvalue weighted by Gasteiger charge is -2.50. The molecule has 0 aromatic carbocycles. The van der Waals surface area contributed by atoms with Crippen LogP contribution in [0.15, 0.2) is 17.5 Å². The minimum Gasteiger partial charge on any atom is -0.543 e. The van der Waals surface area contributed by atoms with E-state index in [1.165, 1.54) is 21.3 Å². The monoisotopic (exact) mass is 335 g/mol. The fourth-order valence-electron chi connectivity index (χ4n) is 2.80. The molecule has 3 rings (SSSR count). The quantitative estimate of drug-likeness (QED) is 0.693. The summed E-state index contributed by atoms with van der Waals surface area (Å²) >= 11 is 1.42. The van der Waals surface area contributed by atoms with E-state index < -0.39 is 29.2 Å². The van der Waals surface area contributed by atoms with Crippen LogP contribution in [0.2, 0.25) is 0 Å². The number of thioether (sulfide) groups is 1. The number of fused-ring (bicyclic) bond motifs is 1. The molecule has 0 bridgehead atoms. The van der Waals surface area contributed by atoms with Crippen molar-refractivity contribution < 1.29 is 19.5 Å². The molecule has 0 saturated carbocycles. The summed E-state index contributed by atoms with van der Waals surface area (Å²) in [5.74, 6) is -1.71. The molecule has 2 aliphatic rings. The van der Waals surface area contributed by atoms with E-state index in [9.17, 15) is 19.5 Å². The maximum Gasteiger partial charge on any atom is 0.255 e. The Balaban J connectivity index is 1.78. The molecule has 1 saturated heterocycles. The number of aromatic nitrogens is 2. The first-order valence-electron chi connectivity index (χ1n) is 6.98. The van der Waals surface area contributed by atoms with Crippen LogP contribution in [0, 0.1) is 6.92 Å². The summed E-state index contributed by atoms with van der Waals surface area (Å²) in [6.07, 6.45) is 1.58. The molecule has 122 valence electrons. The van der Waals surface area contributed by atoms with Crippen molar-refractivity contribution in [3.8, 4) is 0 Å². The second kappa shape index (κ2) is 5.41. The standard InChI is InChI=1S/C14H16N4O4S/c1-6-5-23-13-9(12(20)18(13)10(6)14(21)22)15-11(19)8-4-17(3)16-7(8)2/h4,9,13H,5H2,1-3H3,(H,15,19)(H,21,22)/p-1/t9-,13+/m0/s1. The maximum atomic E-state index is 12.3.